The van der Waals surface area contributed by atoms with Gasteiger partial charge in [0.2, 0.25) is 11.8 Å². The minimum atomic E-state index is -0.319. The van der Waals surface area contributed by atoms with Gasteiger partial charge in [0.1, 0.15) is 6.42 Å². The topological polar surface area (TPSA) is 82.0 Å². The molecule has 1 rings (SSSR count). The van der Waals surface area contributed by atoms with Gasteiger partial charge in [-0.15, -0.1) is 11.3 Å². The van der Waals surface area contributed by atoms with Gasteiger partial charge < -0.3 is 10.6 Å². The Morgan fingerprint density at radius 2 is 2.00 bits per heavy atom. The number of nitrogens with zero attached hydrogens (tertiary/aromatic N) is 1. The standard InChI is InChI=1S/C11H13N3O2S/c12-4-3-10(15)13-5-6-14-11(16)8-9-2-1-7-17-9/h1-2,7H,3,5-6,8H2,(H,13,15)(H,14,16). The highest BCUT2D eigenvalue weighted by Crippen LogP contribution is 2.08. The molecule has 0 saturated carbocycles. The Morgan fingerprint density at radius 1 is 1.29 bits per heavy atom. The second-order valence-electron chi connectivity index (χ2n) is 3.29. The van der Waals surface area contributed by atoms with Gasteiger partial charge in [0.05, 0.1) is 12.5 Å². The number of rotatable bonds is 6. The first-order valence-corrected chi connectivity index (χ1v) is 6.03. The lowest BCUT2D eigenvalue weighted by Crippen LogP contribution is -2.35. The lowest BCUT2D eigenvalue weighted by atomic mass is 10.3. The molecule has 90 valence electrons. The van der Waals surface area contributed by atoms with Crippen LogP contribution >= 0.6 is 11.3 Å². The van der Waals surface area contributed by atoms with Gasteiger partial charge >= 0.3 is 0 Å². The van der Waals surface area contributed by atoms with Crippen LogP contribution in [0.3, 0.4) is 0 Å². The molecular weight excluding hydrogens is 238 g/mol. The summed E-state index contributed by atoms with van der Waals surface area (Å²) in [6, 6.07) is 5.55. The van der Waals surface area contributed by atoms with E-state index >= 15 is 0 Å². The molecule has 2 N–H and O–H groups in total. The zero-order chi connectivity index (χ0) is 12.5. The van der Waals surface area contributed by atoms with Crippen LogP contribution in [0.15, 0.2) is 17.5 Å². The highest BCUT2D eigenvalue weighted by Gasteiger charge is 2.03. The molecule has 5 nitrogen and oxygen atoms in total. The van der Waals surface area contributed by atoms with Gasteiger partial charge in [-0.25, -0.2) is 0 Å². The summed E-state index contributed by atoms with van der Waals surface area (Å²) in [5.74, 6) is -0.387. The van der Waals surface area contributed by atoms with Gasteiger partial charge in [-0.05, 0) is 11.4 Å². The average molecular weight is 251 g/mol. The quantitative estimate of drug-likeness (QED) is 0.720. The van der Waals surface area contributed by atoms with E-state index in [0.29, 0.717) is 19.5 Å². The molecule has 0 bridgehead atoms. The minimum Gasteiger partial charge on any atom is -0.354 e. The lowest BCUT2D eigenvalue weighted by Gasteiger charge is -2.05. The molecule has 17 heavy (non-hydrogen) atoms. The lowest BCUT2D eigenvalue weighted by molar-refractivity contribution is -0.122. The number of hydrogen-bond donors (Lipinski definition) is 2. The van der Waals surface area contributed by atoms with Crippen LogP contribution in [0.1, 0.15) is 11.3 Å². The van der Waals surface area contributed by atoms with E-state index in [1.807, 2.05) is 17.5 Å². The molecule has 2 amide bonds. The molecule has 0 atom stereocenters. The van der Waals surface area contributed by atoms with Crippen molar-refractivity contribution in [1.29, 1.82) is 5.26 Å². The fourth-order valence-corrected chi connectivity index (χ4v) is 1.88. The summed E-state index contributed by atoms with van der Waals surface area (Å²) < 4.78 is 0. The third-order valence-electron chi connectivity index (χ3n) is 1.92. The number of nitrogens with one attached hydrogen (secondary N) is 2. The van der Waals surface area contributed by atoms with Crippen LogP contribution in [-0.4, -0.2) is 24.9 Å². The number of amides is 2. The highest BCUT2D eigenvalue weighted by atomic mass is 32.1. The van der Waals surface area contributed by atoms with E-state index in [2.05, 4.69) is 10.6 Å². The predicted octanol–water partition coefficient (Wildman–Crippen LogP) is 0.437. The monoisotopic (exact) mass is 251 g/mol. The maximum atomic E-state index is 11.4. The molecule has 0 aliphatic heterocycles. The Labute approximate surface area is 103 Å². The molecule has 1 aromatic rings. The molecule has 0 saturated heterocycles. The fourth-order valence-electron chi connectivity index (χ4n) is 1.17. The SMILES string of the molecule is N#CCC(=O)NCCNC(=O)Cc1cccs1. The normalized spacial score (nSPS) is 9.35. The highest BCUT2D eigenvalue weighted by molar-refractivity contribution is 7.10. The Kier molecular flexibility index (Phi) is 5.75. The first-order valence-electron chi connectivity index (χ1n) is 5.15. The zero-order valence-electron chi connectivity index (χ0n) is 9.23. The number of nitriles is 1. The van der Waals surface area contributed by atoms with Crippen LogP contribution in [0.4, 0.5) is 0 Å². The molecule has 1 aromatic heterocycles. The van der Waals surface area contributed by atoms with E-state index < -0.39 is 0 Å². The molecule has 0 aliphatic carbocycles. The molecule has 6 heteroatoms. The van der Waals surface area contributed by atoms with Crippen LogP contribution in [0.2, 0.25) is 0 Å². The van der Waals surface area contributed by atoms with Crippen LogP contribution in [0.25, 0.3) is 0 Å². The van der Waals surface area contributed by atoms with Gasteiger partial charge in [0.25, 0.3) is 0 Å². The summed E-state index contributed by atoms with van der Waals surface area (Å²) in [5, 5.41) is 15.4. The van der Waals surface area contributed by atoms with Gasteiger partial charge in [-0.1, -0.05) is 6.07 Å². The Balaban J connectivity index is 2.09. The number of carbonyl (C=O) groups excluding carboxylic acids is 2. The Morgan fingerprint density at radius 3 is 2.59 bits per heavy atom. The molecule has 0 aromatic carbocycles. The Hall–Kier alpha value is -1.87. The summed E-state index contributed by atoms with van der Waals surface area (Å²) in [6.07, 6.45) is 0.215. The van der Waals surface area contributed by atoms with Crippen molar-refractivity contribution >= 4 is 23.2 Å². The maximum absolute atomic E-state index is 11.4. The van der Waals surface area contributed by atoms with Crippen molar-refractivity contribution in [2.24, 2.45) is 0 Å². The molecule has 0 fully saturated rings. The third-order valence-corrected chi connectivity index (χ3v) is 2.80. The van der Waals surface area contributed by atoms with Crippen molar-refractivity contribution in [3.63, 3.8) is 0 Å². The van der Waals surface area contributed by atoms with Crippen molar-refractivity contribution in [2.75, 3.05) is 13.1 Å². The van der Waals surface area contributed by atoms with Crippen molar-refractivity contribution in [3.05, 3.63) is 22.4 Å². The zero-order valence-corrected chi connectivity index (χ0v) is 10.0. The minimum absolute atomic E-state index is 0.0676. The van der Waals surface area contributed by atoms with E-state index in [0.717, 1.165) is 4.88 Å². The van der Waals surface area contributed by atoms with E-state index in [-0.39, 0.29) is 18.2 Å². The van der Waals surface area contributed by atoms with Crippen molar-refractivity contribution in [3.8, 4) is 6.07 Å². The maximum Gasteiger partial charge on any atom is 0.234 e. The van der Waals surface area contributed by atoms with Gasteiger partial charge in [0.15, 0.2) is 0 Å². The summed E-state index contributed by atoms with van der Waals surface area (Å²) in [5.41, 5.74) is 0. The smallest absolute Gasteiger partial charge is 0.234 e. The molecule has 0 unspecified atom stereocenters. The summed E-state index contributed by atoms with van der Waals surface area (Å²) in [7, 11) is 0. The van der Waals surface area contributed by atoms with Crippen molar-refractivity contribution in [1.82, 2.24) is 10.6 Å². The van der Waals surface area contributed by atoms with Crippen LogP contribution in [0.5, 0.6) is 0 Å². The second-order valence-corrected chi connectivity index (χ2v) is 4.32. The summed E-state index contributed by atoms with van der Waals surface area (Å²) in [6.45, 7) is 0.720. The van der Waals surface area contributed by atoms with E-state index in [4.69, 9.17) is 5.26 Å². The first-order chi connectivity index (χ1) is 8.22. The predicted molar refractivity (Wildman–Crippen MR) is 64.3 cm³/mol. The van der Waals surface area contributed by atoms with E-state index in [1.54, 1.807) is 6.07 Å². The molecule has 1 heterocycles. The van der Waals surface area contributed by atoms with Crippen molar-refractivity contribution < 1.29 is 9.59 Å². The fraction of sp³-hybridized carbons (Fsp3) is 0.364. The average Bonchev–Trinajstić information content (AvgIpc) is 2.77. The number of hydrogen-bond acceptors (Lipinski definition) is 4. The van der Waals surface area contributed by atoms with E-state index in [1.165, 1.54) is 11.3 Å². The van der Waals surface area contributed by atoms with Crippen LogP contribution in [-0.2, 0) is 16.0 Å². The van der Waals surface area contributed by atoms with Crippen molar-refractivity contribution in [2.45, 2.75) is 12.8 Å². The van der Waals surface area contributed by atoms with Gasteiger partial charge in [-0.3, -0.25) is 9.59 Å². The summed E-state index contributed by atoms with van der Waals surface area (Å²) in [4.78, 5) is 23.3. The third kappa shape index (κ3) is 5.68. The Bertz CT molecular complexity index is 409. The summed E-state index contributed by atoms with van der Waals surface area (Å²) >= 11 is 1.54. The van der Waals surface area contributed by atoms with Gasteiger partial charge in [-0.2, -0.15) is 5.26 Å². The van der Waals surface area contributed by atoms with Crippen LogP contribution in [0, 0.1) is 11.3 Å². The molecule has 0 spiro atoms. The first kappa shape index (κ1) is 13.2. The molecular formula is C11H13N3O2S. The molecule has 0 radical (unpaired) electrons. The number of carbonyl (C=O) groups is 2. The second kappa shape index (κ2) is 7.41. The van der Waals surface area contributed by atoms with E-state index in [9.17, 15) is 9.59 Å². The van der Waals surface area contributed by atoms with Gasteiger partial charge in [0, 0.05) is 18.0 Å². The van der Waals surface area contributed by atoms with Crippen LogP contribution < -0.4 is 10.6 Å². The largest absolute Gasteiger partial charge is 0.354 e. The molecule has 0 aliphatic rings. The number of thiophene rings is 1.